The average Bonchev–Trinajstić information content (AvgIpc) is 2.66. The fourth-order valence-corrected chi connectivity index (χ4v) is 3.81. The summed E-state index contributed by atoms with van der Waals surface area (Å²) >= 11 is 0. The first-order valence-electron chi connectivity index (χ1n) is 11.0. The van der Waals surface area contributed by atoms with Gasteiger partial charge in [0.1, 0.15) is 0 Å². The lowest BCUT2D eigenvalue weighted by atomic mass is 9.79. The molecule has 0 bridgehead atoms. The molecule has 1 rings (SSSR count). The van der Waals surface area contributed by atoms with Gasteiger partial charge in [0.05, 0.1) is 25.0 Å². The molecule has 4 heteroatoms. The number of rotatable bonds is 14. The third-order valence-corrected chi connectivity index (χ3v) is 5.40. The molecule has 0 aliphatic heterocycles. The summed E-state index contributed by atoms with van der Waals surface area (Å²) in [5.41, 5.74) is 0. The van der Waals surface area contributed by atoms with Gasteiger partial charge in [0.15, 0.2) is 0 Å². The number of hydrogen-bond acceptors (Lipinski definition) is 4. The Kier molecular flexibility index (Phi) is 13.3. The van der Waals surface area contributed by atoms with E-state index in [0.29, 0.717) is 13.2 Å². The van der Waals surface area contributed by atoms with Gasteiger partial charge in [-0.05, 0) is 26.2 Å². The molecule has 0 heterocycles. The monoisotopic (exact) mass is 368 g/mol. The van der Waals surface area contributed by atoms with Crippen LogP contribution in [0.25, 0.3) is 0 Å². The van der Waals surface area contributed by atoms with Crippen molar-refractivity contribution in [3.8, 4) is 0 Å². The minimum absolute atomic E-state index is 0.196. The highest BCUT2D eigenvalue weighted by Gasteiger charge is 2.37. The number of carbonyl (C=O) groups is 2. The molecule has 2 atom stereocenters. The molecular formula is C22H40O4. The fraction of sp³-hybridized carbons (Fsp3) is 0.909. The zero-order valence-electron chi connectivity index (χ0n) is 17.1. The fourth-order valence-electron chi connectivity index (χ4n) is 3.81. The highest BCUT2D eigenvalue weighted by molar-refractivity contribution is 5.82. The van der Waals surface area contributed by atoms with E-state index in [1.807, 2.05) is 0 Å². The van der Waals surface area contributed by atoms with Gasteiger partial charge < -0.3 is 9.47 Å². The van der Waals surface area contributed by atoms with Gasteiger partial charge in [-0.3, -0.25) is 9.59 Å². The van der Waals surface area contributed by atoms with Gasteiger partial charge in [-0.2, -0.15) is 0 Å². The van der Waals surface area contributed by atoms with Crippen LogP contribution in [0.2, 0.25) is 0 Å². The van der Waals surface area contributed by atoms with Crippen molar-refractivity contribution in [2.24, 2.45) is 11.8 Å². The van der Waals surface area contributed by atoms with Crippen molar-refractivity contribution in [3.63, 3.8) is 0 Å². The Morgan fingerprint density at radius 3 is 1.65 bits per heavy atom. The zero-order chi connectivity index (χ0) is 19.0. The molecule has 2 unspecified atom stereocenters. The third-order valence-electron chi connectivity index (χ3n) is 5.40. The Labute approximate surface area is 160 Å². The molecule has 1 aliphatic rings. The van der Waals surface area contributed by atoms with Gasteiger partial charge in [-0.25, -0.2) is 0 Å². The second-order valence-electron chi connectivity index (χ2n) is 7.60. The van der Waals surface area contributed by atoms with E-state index in [1.54, 1.807) is 6.92 Å². The van der Waals surface area contributed by atoms with E-state index in [2.05, 4.69) is 6.92 Å². The lowest BCUT2D eigenvalue weighted by Gasteiger charge is -2.28. The summed E-state index contributed by atoms with van der Waals surface area (Å²) in [4.78, 5) is 24.4. The van der Waals surface area contributed by atoms with Gasteiger partial charge in [-0.1, -0.05) is 77.6 Å². The molecule has 0 N–H and O–H groups in total. The molecule has 0 saturated heterocycles. The number of unbranched alkanes of at least 4 members (excludes halogenated alkanes) is 9. The molecule has 1 aliphatic carbocycles. The lowest BCUT2D eigenvalue weighted by molar-refractivity contribution is -0.162. The molecule has 0 amide bonds. The lowest BCUT2D eigenvalue weighted by Crippen LogP contribution is -2.35. The van der Waals surface area contributed by atoms with E-state index in [0.717, 1.165) is 38.5 Å². The largest absolute Gasteiger partial charge is 0.466 e. The molecule has 26 heavy (non-hydrogen) atoms. The van der Waals surface area contributed by atoms with E-state index in [-0.39, 0.29) is 23.8 Å². The molecule has 0 spiro atoms. The van der Waals surface area contributed by atoms with E-state index in [4.69, 9.17) is 9.47 Å². The number of esters is 2. The minimum atomic E-state index is -0.302. The van der Waals surface area contributed by atoms with Crippen LogP contribution < -0.4 is 0 Å². The van der Waals surface area contributed by atoms with Crippen LogP contribution in [-0.2, 0) is 19.1 Å². The maximum absolute atomic E-state index is 12.3. The Morgan fingerprint density at radius 1 is 0.692 bits per heavy atom. The molecule has 1 saturated carbocycles. The van der Waals surface area contributed by atoms with Crippen molar-refractivity contribution < 1.29 is 19.1 Å². The zero-order valence-corrected chi connectivity index (χ0v) is 17.1. The second-order valence-corrected chi connectivity index (χ2v) is 7.60. The van der Waals surface area contributed by atoms with Crippen LogP contribution in [0.4, 0.5) is 0 Å². The van der Waals surface area contributed by atoms with Crippen LogP contribution >= 0.6 is 0 Å². The normalized spacial score (nSPS) is 19.9. The van der Waals surface area contributed by atoms with E-state index >= 15 is 0 Å². The minimum Gasteiger partial charge on any atom is -0.466 e. The third kappa shape index (κ3) is 9.59. The van der Waals surface area contributed by atoms with E-state index < -0.39 is 0 Å². The maximum atomic E-state index is 12.3. The summed E-state index contributed by atoms with van der Waals surface area (Å²) in [6.45, 7) is 4.91. The van der Waals surface area contributed by atoms with Crippen molar-refractivity contribution >= 4 is 11.9 Å². The first-order chi connectivity index (χ1) is 12.7. The van der Waals surface area contributed by atoms with Gasteiger partial charge in [0.25, 0.3) is 0 Å². The number of ether oxygens (including phenoxy) is 2. The Bertz CT molecular complexity index is 380. The van der Waals surface area contributed by atoms with Crippen LogP contribution in [0.15, 0.2) is 0 Å². The first-order valence-corrected chi connectivity index (χ1v) is 11.0. The van der Waals surface area contributed by atoms with Crippen LogP contribution in [0.5, 0.6) is 0 Å². The molecule has 152 valence electrons. The van der Waals surface area contributed by atoms with E-state index in [1.165, 1.54) is 51.4 Å². The summed E-state index contributed by atoms with van der Waals surface area (Å²) in [5.74, 6) is -1.03. The van der Waals surface area contributed by atoms with Crippen LogP contribution in [-0.4, -0.2) is 25.2 Å². The summed E-state index contributed by atoms with van der Waals surface area (Å²) in [7, 11) is 0. The van der Waals surface area contributed by atoms with Gasteiger partial charge in [0.2, 0.25) is 0 Å². The highest BCUT2D eigenvalue weighted by Crippen LogP contribution is 2.32. The van der Waals surface area contributed by atoms with Crippen LogP contribution in [0, 0.1) is 11.8 Å². The number of hydrogen-bond donors (Lipinski definition) is 0. The summed E-state index contributed by atoms with van der Waals surface area (Å²) in [6, 6.07) is 0. The summed E-state index contributed by atoms with van der Waals surface area (Å²) in [6.07, 6.45) is 16.1. The van der Waals surface area contributed by atoms with Crippen LogP contribution in [0.1, 0.15) is 104 Å². The SMILES string of the molecule is CCCCCCCCCCCCOC(=O)C1CCCCC1C(=O)OCC. The predicted octanol–water partition coefficient (Wildman–Crippen LogP) is 5.82. The standard InChI is InChI=1S/C22H40O4/c1-3-5-6-7-8-9-10-11-12-15-18-26-22(24)20-17-14-13-16-19(20)21(23)25-4-2/h19-20H,3-18H2,1-2H3. The van der Waals surface area contributed by atoms with Crippen molar-refractivity contribution in [2.75, 3.05) is 13.2 Å². The van der Waals surface area contributed by atoms with Gasteiger partial charge in [-0.15, -0.1) is 0 Å². The van der Waals surface area contributed by atoms with Crippen molar-refractivity contribution in [1.29, 1.82) is 0 Å². The Morgan fingerprint density at radius 2 is 1.15 bits per heavy atom. The Balaban J connectivity index is 2.08. The quantitative estimate of drug-likeness (QED) is 0.286. The number of carbonyl (C=O) groups excluding carboxylic acids is 2. The first kappa shape index (κ1) is 23.0. The summed E-state index contributed by atoms with van der Waals surface area (Å²) < 4.78 is 10.6. The molecule has 4 nitrogen and oxygen atoms in total. The van der Waals surface area contributed by atoms with Crippen molar-refractivity contribution in [3.05, 3.63) is 0 Å². The summed E-state index contributed by atoms with van der Waals surface area (Å²) in [5, 5.41) is 0. The topological polar surface area (TPSA) is 52.6 Å². The van der Waals surface area contributed by atoms with E-state index in [9.17, 15) is 9.59 Å². The van der Waals surface area contributed by atoms with Crippen molar-refractivity contribution in [2.45, 2.75) is 104 Å². The molecule has 1 fully saturated rings. The van der Waals surface area contributed by atoms with Gasteiger partial charge >= 0.3 is 11.9 Å². The maximum Gasteiger partial charge on any atom is 0.309 e. The smallest absolute Gasteiger partial charge is 0.309 e. The molecule has 0 aromatic carbocycles. The Hall–Kier alpha value is -1.06. The molecule has 0 aromatic heterocycles. The highest BCUT2D eigenvalue weighted by atomic mass is 16.5. The van der Waals surface area contributed by atoms with Crippen LogP contribution in [0.3, 0.4) is 0 Å². The predicted molar refractivity (Wildman–Crippen MR) is 105 cm³/mol. The molecule has 0 radical (unpaired) electrons. The second kappa shape index (κ2) is 15.0. The molecule has 0 aromatic rings. The van der Waals surface area contributed by atoms with Crippen molar-refractivity contribution in [1.82, 2.24) is 0 Å². The average molecular weight is 369 g/mol. The molecular weight excluding hydrogens is 328 g/mol. The van der Waals surface area contributed by atoms with Gasteiger partial charge in [0, 0.05) is 0 Å².